The molecule has 1 amide bonds. The Morgan fingerprint density at radius 2 is 2.12 bits per heavy atom. The number of hydrogen-bond donors (Lipinski definition) is 1. The van der Waals surface area contributed by atoms with E-state index in [1.54, 1.807) is 12.1 Å². The summed E-state index contributed by atoms with van der Waals surface area (Å²) in [7, 11) is 1.51. The maximum absolute atomic E-state index is 11.7. The molecule has 2 aliphatic heterocycles. The van der Waals surface area contributed by atoms with E-state index < -0.39 is 4.92 Å². The fraction of sp³-hybridized carbons (Fsp3) is 0.588. The molecule has 8 nitrogen and oxygen atoms in total. The maximum atomic E-state index is 11.7. The van der Waals surface area contributed by atoms with Crippen molar-refractivity contribution in [3.63, 3.8) is 0 Å². The molecule has 0 spiro atoms. The van der Waals surface area contributed by atoms with Gasteiger partial charge in [-0.15, -0.1) is 0 Å². The van der Waals surface area contributed by atoms with Crippen LogP contribution in [-0.4, -0.2) is 68.7 Å². The summed E-state index contributed by atoms with van der Waals surface area (Å²) >= 11 is 0. The lowest BCUT2D eigenvalue weighted by atomic mass is 10.1. The summed E-state index contributed by atoms with van der Waals surface area (Å²) in [5, 5.41) is 13.9. The third-order valence-electron chi connectivity index (χ3n) is 4.91. The van der Waals surface area contributed by atoms with Crippen LogP contribution in [0.5, 0.6) is 0 Å². The number of nitrogens with zero attached hydrogens (tertiary/aromatic N) is 3. The minimum Gasteiger partial charge on any atom is -0.381 e. The van der Waals surface area contributed by atoms with Gasteiger partial charge in [0.05, 0.1) is 11.5 Å². The SMILES string of the molecule is CNC(=O)c1ccc(N2CCN(CC3CCOC3)CC2)c([N+](=O)[O-])c1. The van der Waals surface area contributed by atoms with Crippen molar-refractivity contribution in [2.45, 2.75) is 6.42 Å². The van der Waals surface area contributed by atoms with E-state index in [4.69, 9.17) is 4.74 Å². The molecule has 0 aliphatic carbocycles. The quantitative estimate of drug-likeness (QED) is 0.634. The highest BCUT2D eigenvalue weighted by atomic mass is 16.6. The van der Waals surface area contributed by atoms with Crippen LogP contribution in [0.3, 0.4) is 0 Å². The number of anilines is 1. The van der Waals surface area contributed by atoms with Crippen LogP contribution >= 0.6 is 0 Å². The Hall–Kier alpha value is -2.19. The summed E-state index contributed by atoms with van der Waals surface area (Å²) in [6, 6.07) is 4.68. The summed E-state index contributed by atoms with van der Waals surface area (Å²) in [6.07, 6.45) is 1.12. The number of ether oxygens (including phenoxy) is 1. The first-order valence-corrected chi connectivity index (χ1v) is 8.64. The molecule has 3 rings (SSSR count). The Kier molecular flexibility index (Phi) is 5.50. The second-order valence-electron chi connectivity index (χ2n) is 6.56. The number of carbonyl (C=O) groups is 1. The zero-order chi connectivity index (χ0) is 17.8. The van der Waals surface area contributed by atoms with Gasteiger partial charge in [0.15, 0.2) is 0 Å². The van der Waals surface area contributed by atoms with E-state index in [0.29, 0.717) is 17.2 Å². The predicted molar refractivity (Wildman–Crippen MR) is 94.1 cm³/mol. The van der Waals surface area contributed by atoms with Crippen molar-refractivity contribution in [2.75, 3.05) is 57.9 Å². The van der Waals surface area contributed by atoms with E-state index in [0.717, 1.165) is 52.4 Å². The van der Waals surface area contributed by atoms with Gasteiger partial charge in [0.25, 0.3) is 11.6 Å². The normalized spacial score (nSPS) is 21.3. The molecule has 2 fully saturated rings. The number of rotatable bonds is 5. The first kappa shape index (κ1) is 17.6. The van der Waals surface area contributed by atoms with E-state index in [2.05, 4.69) is 10.2 Å². The van der Waals surface area contributed by atoms with Gasteiger partial charge in [0, 0.05) is 58.0 Å². The molecular weight excluding hydrogens is 324 g/mol. The molecule has 136 valence electrons. The van der Waals surface area contributed by atoms with Crippen LogP contribution in [0.2, 0.25) is 0 Å². The topological polar surface area (TPSA) is 88.0 Å². The summed E-state index contributed by atoms with van der Waals surface area (Å²) < 4.78 is 5.43. The first-order chi connectivity index (χ1) is 12.1. The average molecular weight is 348 g/mol. The number of piperazine rings is 1. The van der Waals surface area contributed by atoms with Crippen LogP contribution < -0.4 is 10.2 Å². The molecule has 1 atom stereocenters. The number of benzene rings is 1. The number of nitro benzene ring substituents is 1. The third-order valence-corrected chi connectivity index (χ3v) is 4.91. The predicted octanol–water partition coefficient (Wildman–Crippen LogP) is 1.11. The highest BCUT2D eigenvalue weighted by molar-refractivity contribution is 5.95. The Balaban J connectivity index is 1.67. The molecule has 8 heteroatoms. The van der Waals surface area contributed by atoms with Crippen molar-refractivity contribution in [2.24, 2.45) is 5.92 Å². The second-order valence-corrected chi connectivity index (χ2v) is 6.56. The molecule has 1 aromatic rings. The zero-order valence-electron chi connectivity index (χ0n) is 14.4. The van der Waals surface area contributed by atoms with Gasteiger partial charge in [0.1, 0.15) is 5.69 Å². The van der Waals surface area contributed by atoms with Gasteiger partial charge in [-0.25, -0.2) is 0 Å². The molecule has 0 bridgehead atoms. The van der Waals surface area contributed by atoms with Crippen molar-refractivity contribution in [1.82, 2.24) is 10.2 Å². The van der Waals surface area contributed by atoms with Gasteiger partial charge >= 0.3 is 0 Å². The Bertz CT molecular complexity index is 638. The van der Waals surface area contributed by atoms with E-state index >= 15 is 0 Å². The Morgan fingerprint density at radius 3 is 2.72 bits per heavy atom. The standard InChI is InChI=1S/C17H24N4O4/c1-18-17(22)14-2-3-15(16(10-14)21(23)24)20-7-5-19(6-8-20)11-13-4-9-25-12-13/h2-3,10,13H,4-9,11-12H2,1H3,(H,18,22). The Labute approximate surface area is 146 Å². The third kappa shape index (κ3) is 4.08. The van der Waals surface area contributed by atoms with Crippen molar-refractivity contribution >= 4 is 17.3 Å². The van der Waals surface area contributed by atoms with Gasteiger partial charge in [-0.3, -0.25) is 19.8 Å². The van der Waals surface area contributed by atoms with Crippen LogP contribution in [0, 0.1) is 16.0 Å². The molecule has 2 saturated heterocycles. The fourth-order valence-electron chi connectivity index (χ4n) is 3.49. The summed E-state index contributed by atoms with van der Waals surface area (Å²) in [5.74, 6) is 0.283. The molecule has 0 radical (unpaired) electrons. The van der Waals surface area contributed by atoms with Gasteiger partial charge < -0.3 is 15.0 Å². The minimum atomic E-state index is -0.413. The van der Waals surface area contributed by atoms with Gasteiger partial charge in [-0.2, -0.15) is 0 Å². The molecule has 1 unspecified atom stereocenters. The van der Waals surface area contributed by atoms with Crippen molar-refractivity contribution in [1.29, 1.82) is 0 Å². The van der Waals surface area contributed by atoms with Crippen LogP contribution in [0.1, 0.15) is 16.8 Å². The largest absolute Gasteiger partial charge is 0.381 e. The number of hydrogen-bond acceptors (Lipinski definition) is 6. The molecule has 1 aromatic carbocycles. The first-order valence-electron chi connectivity index (χ1n) is 8.64. The second kappa shape index (κ2) is 7.79. The number of amides is 1. The smallest absolute Gasteiger partial charge is 0.293 e. The number of carbonyl (C=O) groups excluding carboxylic acids is 1. The van der Waals surface area contributed by atoms with Gasteiger partial charge in [-0.1, -0.05) is 0 Å². The van der Waals surface area contributed by atoms with Crippen LogP contribution in [0.15, 0.2) is 18.2 Å². The maximum Gasteiger partial charge on any atom is 0.293 e. The Morgan fingerprint density at radius 1 is 1.36 bits per heavy atom. The summed E-state index contributed by atoms with van der Waals surface area (Å²) in [6.45, 7) is 5.98. The van der Waals surface area contributed by atoms with Gasteiger partial charge in [-0.05, 0) is 24.5 Å². The van der Waals surface area contributed by atoms with Crippen LogP contribution in [0.25, 0.3) is 0 Å². The summed E-state index contributed by atoms with van der Waals surface area (Å²) in [4.78, 5) is 27.2. The monoisotopic (exact) mass is 348 g/mol. The lowest BCUT2D eigenvalue weighted by Gasteiger charge is -2.36. The molecule has 25 heavy (non-hydrogen) atoms. The molecular formula is C17H24N4O4. The fourth-order valence-corrected chi connectivity index (χ4v) is 3.49. The van der Waals surface area contributed by atoms with E-state index in [1.807, 2.05) is 4.90 Å². The lowest BCUT2D eigenvalue weighted by Crippen LogP contribution is -2.48. The van der Waals surface area contributed by atoms with Crippen molar-refractivity contribution in [3.05, 3.63) is 33.9 Å². The average Bonchev–Trinajstić information content (AvgIpc) is 3.14. The number of nitro groups is 1. The highest BCUT2D eigenvalue weighted by Gasteiger charge is 2.26. The molecule has 2 heterocycles. The van der Waals surface area contributed by atoms with Crippen molar-refractivity contribution in [3.8, 4) is 0 Å². The van der Waals surface area contributed by atoms with E-state index in [-0.39, 0.29) is 11.6 Å². The van der Waals surface area contributed by atoms with Gasteiger partial charge in [0.2, 0.25) is 0 Å². The summed E-state index contributed by atoms with van der Waals surface area (Å²) in [5.41, 5.74) is 0.873. The zero-order valence-corrected chi connectivity index (χ0v) is 14.4. The minimum absolute atomic E-state index is 0.0151. The molecule has 0 saturated carbocycles. The lowest BCUT2D eigenvalue weighted by molar-refractivity contribution is -0.384. The van der Waals surface area contributed by atoms with Crippen LogP contribution in [0.4, 0.5) is 11.4 Å². The van der Waals surface area contributed by atoms with E-state index in [1.165, 1.54) is 13.1 Å². The molecule has 2 aliphatic rings. The van der Waals surface area contributed by atoms with E-state index in [9.17, 15) is 14.9 Å². The highest BCUT2D eigenvalue weighted by Crippen LogP contribution is 2.30. The van der Waals surface area contributed by atoms with Crippen LogP contribution in [-0.2, 0) is 4.74 Å². The molecule has 1 N–H and O–H groups in total. The van der Waals surface area contributed by atoms with Crippen molar-refractivity contribution < 1.29 is 14.5 Å². The number of nitrogens with one attached hydrogen (secondary N) is 1. The molecule has 0 aromatic heterocycles.